The van der Waals surface area contributed by atoms with Gasteiger partial charge in [0.2, 0.25) is 5.91 Å². The van der Waals surface area contributed by atoms with Gasteiger partial charge >= 0.3 is 0 Å². The quantitative estimate of drug-likeness (QED) is 0.697. The van der Waals surface area contributed by atoms with Crippen LogP contribution in [0, 0.1) is 0 Å². The number of H-pyrrole nitrogens is 1. The first-order valence-electron chi connectivity index (χ1n) is 6.83. The van der Waals surface area contributed by atoms with Crippen LogP contribution >= 0.6 is 0 Å². The van der Waals surface area contributed by atoms with Crippen LogP contribution in [0.1, 0.15) is 11.3 Å². The highest BCUT2D eigenvalue weighted by Crippen LogP contribution is 2.17. The Morgan fingerprint density at radius 2 is 2.29 bits per heavy atom. The molecule has 0 aliphatic heterocycles. The summed E-state index contributed by atoms with van der Waals surface area (Å²) in [7, 11) is 1.64. The van der Waals surface area contributed by atoms with Gasteiger partial charge in [-0.3, -0.25) is 4.79 Å². The lowest BCUT2D eigenvalue weighted by atomic mass is 10.1. The number of imidazole rings is 1. The summed E-state index contributed by atoms with van der Waals surface area (Å²) < 4.78 is 5.27. The topological polar surface area (TPSA) is 93.0 Å². The molecule has 0 unspecified atom stereocenters. The highest BCUT2D eigenvalue weighted by Gasteiger charge is 2.14. The number of para-hydroxylation sites is 1. The Bertz CT molecular complexity index is 569. The molecule has 112 valence electrons. The molecule has 0 spiro atoms. The number of hydrogen-bond donors (Lipinski definition) is 3. The van der Waals surface area contributed by atoms with Gasteiger partial charge in [0.25, 0.3) is 0 Å². The Labute approximate surface area is 123 Å². The van der Waals surface area contributed by atoms with Crippen LogP contribution in [0.25, 0.3) is 0 Å². The van der Waals surface area contributed by atoms with E-state index in [9.17, 15) is 4.79 Å². The summed E-state index contributed by atoms with van der Waals surface area (Å²) in [6, 6.07) is 7.17. The van der Waals surface area contributed by atoms with E-state index in [-0.39, 0.29) is 5.91 Å². The summed E-state index contributed by atoms with van der Waals surface area (Å²) in [6.45, 7) is 0.524. The minimum absolute atomic E-state index is 0.167. The third kappa shape index (κ3) is 4.32. The maximum Gasteiger partial charge on any atom is 0.237 e. The van der Waals surface area contributed by atoms with E-state index in [1.165, 1.54) is 0 Å². The van der Waals surface area contributed by atoms with Crippen LogP contribution in [0.15, 0.2) is 36.8 Å². The Kier molecular flexibility index (Phi) is 5.34. The number of nitrogens with one attached hydrogen (secondary N) is 2. The number of carbonyl (C=O) groups is 1. The number of aromatic nitrogens is 2. The van der Waals surface area contributed by atoms with Crippen molar-refractivity contribution in [3.05, 3.63) is 48.0 Å². The monoisotopic (exact) mass is 288 g/mol. The van der Waals surface area contributed by atoms with Crippen LogP contribution in [-0.4, -0.2) is 35.6 Å². The molecule has 0 saturated carbocycles. The van der Waals surface area contributed by atoms with Crippen LogP contribution in [0.4, 0.5) is 0 Å². The molecule has 1 atom stereocenters. The van der Waals surface area contributed by atoms with E-state index in [1.54, 1.807) is 19.6 Å². The fourth-order valence-corrected chi connectivity index (χ4v) is 2.09. The fourth-order valence-electron chi connectivity index (χ4n) is 2.09. The second kappa shape index (κ2) is 7.44. The lowest BCUT2D eigenvalue weighted by Gasteiger charge is -2.12. The molecule has 0 fully saturated rings. The normalized spacial score (nSPS) is 11.9. The van der Waals surface area contributed by atoms with Gasteiger partial charge in [-0.2, -0.15) is 0 Å². The van der Waals surface area contributed by atoms with E-state index >= 15 is 0 Å². The summed E-state index contributed by atoms with van der Waals surface area (Å²) in [4.78, 5) is 18.7. The Morgan fingerprint density at radius 1 is 1.48 bits per heavy atom. The molecule has 1 amide bonds. The Balaban J connectivity index is 1.78. The van der Waals surface area contributed by atoms with Crippen molar-refractivity contribution in [3.63, 3.8) is 0 Å². The van der Waals surface area contributed by atoms with Crippen LogP contribution in [0.2, 0.25) is 0 Å². The first-order chi connectivity index (χ1) is 10.2. The molecule has 4 N–H and O–H groups in total. The van der Waals surface area contributed by atoms with Crippen molar-refractivity contribution in [2.24, 2.45) is 5.73 Å². The molecule has 1 aromatic carbocycles. The van der Waals surface area contributed by atoms with Gasteiger partial charge in [-0.25, -0.2) is 4.98 Å². The molecule has 1 heterocycles. The molecule has 2 rings (SSSR count). The second-order valence-corrected chi connectivity index (χ2v) is 4.74. The number of nitrogens with two attached hydrogens (primary N) is 1. The first kappa shape index (κ1) is 15.1. The molecule has 1 aromatic heterocycles. The number of nitrogens with zero attached hydrogens (tertiary/aromatic N) is 1. The highest BCUT2D eigenvalue weighted by molar-refractivity contribution is 5.81. The van der Waals surface area contributed by atoms with Crippen molar-refractivity contribution < 1.29 is 9.53 Å². The predicted octanol–water partition coefficient (Wildman–Crippen LogP) is 0.647. The van der Waals surface area contributed by atoms with Crippen molar-refractivity contribution in [1.82, 2.24) is 15.3 Å². The highest BCUT2D eigenvalue weighted by atomic mass is 16.5. The number of carbonyl (C=O) groups excluding carboxylic acids is 1. The number of methoxy groups -OCH3 is 1. The lowest BCUT2D eigenvalue weighted by Crippen LogP contribution is -2.42. The van der Waals surface area contributed by atoms with Crippen molar-refractivity contribution in [3.8, 4) is 5.75 Å². The molecule has 0 bridgehead atoms. The van der Waals surface area contributed by atoms with E-state index in [0.717, 1.165) is 17.0 Å². The predicted molar refractivity (Wildman–Crippen MR) is 80.0 cm³/mol. The number of benzene rings is 1. The van der Waals surface area contributed by atoms with Crippen molar-refractivity contribution in [2.75, 3.05) is 13.7 Å². The average Bonchev–Trinajstić information content (AvgIpc) is 3.00. The summed E-state index contributed by atoms with van der Waals surface area (Å²) in [5, 5.41) is 2.84. The summed E-state index contributed by atoms with van der Waals surface area (Å²) >= 11 is 0. The van der Waals surface area contributed by atoms with Crippen LogP contribution in [0.5, 0.6) is 5.75 Å². The third-order valence-corrected chi connectivity index (χ3v) is 3.22. The molecule has 21 heavy (non-hydrogen) atoms. The summed E-state index contributed by atoms with van der Waals surface area (Å²) in [5.74, 6) is 0.660. The minimum atomic E-state index is -0.580. The van der Waals surface area contributed by atoms with Gasteiger partial charge in [-0.05, 0) is 18.1 Å². The molecule has 6 heteroatoms. The molecule has 0 aliphatic carbocycles. The smallest absolute Gasteiger partial charge is 0.237 e. The number of aromatic amines is 1. The summed E-state index contributed by atoms with van der Waals surface area (Å²) in [6.07, 6.45) is 4.39. The van der Waals surface area contributed by atoms with E-state index in [2.05, 4.69) is 15.3 Å². The van der Waals surface area contributed by atoms with Crippen LogP contribution in [-0.2, 0) is 17.6 Å². The van der Waals surface area contributed by atoms with Gasteiger partial charge in [0.1, 0.15) is 5.75 Å². The van der Waals surface area contributed by atoms with E-state index in [0.29, 0.717) is 19.4 Å². The van der Waals surface area contributed by atoms with Gasteiger partial charge in [0.05, 0.1) is 19.5 Å². The van der Waals surface area contributed by atoms with Crippen LogP contribution < -0.4 is 15.8 Å². The molecular weight excluding hydrogens is 268 g/mol. The van der Waals surface area contributed by atoms with Crippen molar-refractivity contribution in [1.29, 1.82) is 0 Å². The standard InChI is InChI=1S/C15H20N4O2/c1-21-14-5-3-2-4-11(14)6-7-18-15(20)13(16)8-12-9-17-10-19-12/h2-5,9-10,13H,6-8,16H2,1H3,(H,17,19)(H,18,20)/t13-/m0/s1. The van der Waals surface area contributed by atoms with Crippen LogP contribution in [0.3, 0.4) is 0 Å². The zero-order chi connectivity index (χ0) is 15.1. The van der Waals surface area contributed by atoms with Gasteiger partial charge < -0.3 is 20.8 Å². The number of hydrogen-bond acceptors (Lipinski definition) is 4. The molecule has 6 nitrogen and oxygen atoms in total. The zero-order valence-electron chi connectivity index (χ0n) is 12.0. The summed E-state index contributed by atoms with van der Waals surface area (Å²) in [5.41, 5.74) is 7.77. The van der Waals surface area contributed by atoms with E-state index in [1.807, 2.05) is 24.3 Å². The first-order valence-corrected chi connectivity index (χ1v) is 6.83. The number of rotatable bonds is 7. The molecule has 0 aliphatic rings. The van der Waals surface area contributed by atoms with E-state index in [4.69, 9.17) is 10.5 Å². The number of ether oxygens (including phenoxy) is 1. The molecule has 0 saturated heterocycles. The van der Waals surface area contributed by atoms with Gasteiger partial charge in [0, 0.05) is 24.9 Å². The third-order valence-electron chi connectivity index (χ3n) is 3.22. The molecular formula is C15H20N4O2. The van der Waals surface area contributed by atoms with Gasteiger partial charge in [-0.15, -0.1) is 0 Å². The Morgan fingerprint density at radius 3 is 3.00 bits per heavy atom. The SMILES string of the molecule is COc1ccccc1CCNC(=O)[C@@H](N)Cc1cnc[nH]1. The maximum atomic E-state index is 11.9. The molecule has 0 radical (unpaired) electrons. The van der Waals surface area contributed by atoms with Crippen molar-refractivity contribution in [2.45, 2.75) is 18.9 Å². The average molecular weight is 288 g/mol. The Hall–Kier alpha value is -2.34. The van der Waals surface area contributed by atoms with E-state index < -0.39 is 6.04 Å². The fraction of sp³-hybridized carbons (Fsp3) is 0.333. The van der Waals surface area contributed by atoms with Gasteiger partial charge in [0.15, 0.2) is 0 Å². The van der Waals surface area contributed by atoms with Gasteiger partial charge in [-0.1, -0.05) is 18.2 Å². The van der Waals surface area contributed by atoms with Crippen molar-refractivity contribution >= 4 is 5.91 Å². The molecule has 2 aromatic rings. The maximum absolute atomic E-state index is 11.9. The minimum Gasteiger partial charge on any atom is -0.496 e. The number of amides is 1. The zero-order valence-corrected chi connectivity index (χ0v) is 12.0. The lowest BCUT2D eigenvalue weighted by molar-refractivity contribution is -0.122. The second-order valence-electron chi connectivity index (χ2n) is 4.74. The largest absolute Gasteiger partial charge is 0.496 e.